The van der Waals surface area contributed by atoms with Crippen LogP contribution < -0.4 is 14.9 Å². The molecule has 2 aliphatic rings. The van der Waals surface area contributed by atoms with Crippen LogP contribution in [0.3, 0.4) is 0 Å². The maximum Gasteiger partial charge on any atom is 0.412 e. The van der Waals surface area contributed by atoms with E-state index in [0.717, 1.165) is 45.6 Å². The summed E-state index contributed by atoms with van der Waals surface area (Å²) in [6.07, 6.45) is 3.73. The Kier molecular flexibility index (Phi) is 10.4. The van der Waals surface area contributed by atoms with Gasteiger partial charge in [0.1, 0.15) is 11.4 Å². The average Bonchev–Trinajstić information content (AvgIpc) is 3.47. The van der Waals surface area contributed by atoms with Crippen molar-refractivity contribution in [2.75, 3.05) is 48.9 Å². The molecule has 0 aliphatic carbocycles. The third kappa shape index (κ3) is 8.51. The Labute approximate surface area is 263 Å². The third-order valence-corrected chi connectivity index (χ3v) is 9.34. The van der Waals surface area contributed by atoms with Crippen LogP contribution in [-0.4, -0.2) is 72.0 Å². The van der Waals surface area contributed by atoms with Gasteiger partial charge in [-0.25, -0.2) is 4.79 Å². The summed E-state index contributed by atoms with van der Waals surface area (Å²) in [6, 6.07) is 28.3. The maximum absolute atomic E-state index is 12.6. The fraction of sp³-hybridized carbons (Fsp3) is 0.343. The molecule has 232 valence electrons. The van der Waals surface area contributed by atoms with Gasteiger partial charge in [0.05, 0.1) is 5.69 Å². The number of nitrogens with zero attached hydrogens (tertiary/aromatic N) is 3. The fourth-order valence-corrected chi connectivity index (χ4v) is 7.14. The second-order valence-electron chi connectivity index (χ2n) is 11.9. The highest BCUT2D eigenvalue weighted by Crippen LogP contribution is 2.42. The first-order valence-corrected chi connectivity index (χ1v) is 16.6. The average molecular weight is 614 g/mol. The van der Waals surface area contributed by atoms with Gasteiger partial charge in [0, 0.05) is 48.9 Å². The molecule has 2 amide bonds. The number of carbonyl (C=O) groups is 2. The van der Waals surface area contributed by atoms with Gasteiger partial charge in [-0.3, -0.25) is 19.3 Å². The van der Waals surface area contributed by atoms with E-state index in [4.69, 9.17) is 4.74 Å². The van der Waals surface area contributed by atoms with E-state index in [0.29, 0.717) is 17.8 Å². The van der Waals surface area contributed by atoms with Crippen molar-refractivity contribution in [1.82, 2.24) is 15.1 Å². The maximum atomic E-state index is 12.6. The Balaban J connectivity index is 1.03. The SMILES string of the molecule is CC(C)(C)OC(=O)Nc1ccc(C(=O)NCCCCN2CCN(C3=CC=S(c4ccccc4)N3c3ccccc3)CC2)cc1. The molecular formula is C35H43N5O3S. The lowest BCUT2D eigenvalue weighted by Gasteiger charge is -2.40. The topological polar surface area (TPSA) is 77.1 Å². The lowest BCUT2D eigenvalue weighted by molar-refractivity contribution is 0.0635. The van der Waals surface area contributed by atoms with E-state index in [2.05, 4.69) is 96.8 Å². The molecule has 0 spiro atoms. The third-order valence-electron chi connectivity index (χ3n) is 7.40. The molecule has 0 saturated carbocycles. The van der Waals surface area contributed by atoms with Crippen LogP contribution in [-0.2, 0) is 4.74 Å². The highest BCUT2D eigenvalue weighted by Gasteiger charge is 2.28. The van der Waals surface area contributed by atoms with Gasteiger partial charge in [0.15, 0.2) is 0 Å². The number of para-hydroxylation sites is 1. The lowest BCUT2D eigenvalue weighted by Crippen LogP contribution is -2.48. The number of anilines is 2. The summed E-state index contributed by atoms with van der Waals surface area (Å²) in [5.41, 5.74) is 1.80. The summed E-state index contributed by atoms with van der Waals surface area (Å²) in [4.78, 5) is 30.9. The van der Waals surface area contributed by atoms with E-state index in [1.54, 1.807) is 24.3 Å². The number of piperazine rings is 1. The first-order chi connectivity index (χ1) is 21.3. The normalized spacial score (nSPS) is 17.1. The zero-order valence-corrected chi connectivity index (χ0v) is 26.7. The van der Waals surface area contributed by atoms with Crippen LogP contribution in [0.1, 0.15) is 44.0 Å². The molecule has 9 heteroatoms. The van der Waals surface area contributed by atoms with Crippen molar-refractivity contribution in [2.45, 2.75) is 44.1 Å². The molecule has 3 aromatic carbocycles. The Hall–Kier alpha value is -4.08. The van der Waals surface area contributed by atoms with Crippen molar-refractivity contribution >= 4 is 39.4 Å². The van der Waals surface area contributed by atoms with Crippen molar-refractivity contribution in [3.05, 3.63) is 102 Å². The number of amides is 2. The van der Waals surface area contributed by atoms with Crippen LogP contribution in [0.4, 0.5) is 16.2 Å². The van der Waals surface area contributed by atoms with Gasteiger partial charge in [-0.2, -0.15) is 0 Å². The first-order valence-electron chi connectivity index (χ1n) is 15.3. The van der Waals surface area contributed by atoms with Gasteiger partial charge in [0.2, 0.25) is 0 Å². The molecule has 8 nitrogen and oxygen atoms in total. The van der Waals surface area contributed by atoms with E-state index >= 15 is 0 Å². The molecule has 5 rings (SSSR count). The van der Waals surface area contributed by atoms with Gasteiger partial charge in [-0.15, -0.1) is 0 Å². The fourth-order valence-electron chi connectivity index (χ4n) is 5.23. The number of allylic oxidation sites excluding steroid dienone is 1. The molecule has 0 aromatic heterocycles. The highest BCUT2D eigenvalue weighted by molar-refractivity contribution is 8.16. The van der Waals surface area contributed by atoms with E-state index in [-0.39, 0.29) is 16.6 Å². The van der Waals surface area contributed by atoms with E-state index in [1.165, 1.54) is 16.4 Å². The van der Waals surface area contributed by atoms with Crippen LogP contribution in [0.5, 0.6) is 0 Å². The van der Waals surface area contributed by atoms with Crippen LogP contribution in [0.15, 0.2) is 102 Å². The number of unbranched alkanes of at least 4 members (excludes halogenated alkanes) is 1. The standard InChI is InChI=1S/C35H43N5O3S/c1-35(2,3)43-34(42)37-29-18-16-28(17-19-29)33(41)36-21-10-11-22-38-23-25-39(26-24-38)32-20-27-44(31-14-8-5-9-15-31)40(32)30-12-6-4-7-13-30/h4-9,12-20,27H,10-11,21-26H2,1-3H3,(H,36,41)(H,37,42). The van der Waals surface area contributed by atoms with Crippen molar-refractivity contribution in [1.29, 1.82) is 0 Å². The molecule has 1 unspecified atom stereocenters. The molecule has 44 heavy (non-hydrogen) atoms. The second-order valence-corrected chi connectivity index (χ2v) is 13.7. The summed E-state index contributed by atoms with van der Waals surface area (Å²) in [6.45, 7) is 11.1. The minimum atomic E-state index is -0.568. The lowest BCUT2D eigenvalue weighted by atomic mass is 10.2. The number of nitrogens with one attached hydrogen (secondary N) is 2. The summed E-state index contributed by atoms with van der Waals surface area (Å²) >= 11 is 0. The number of rotatable bonds is 10. The molecular weight excluding hydrogens is 570 g/mol. The number of ether oxygens (including phenoxy) is 1. The molecule has 2 heterocycles. The summed E-state index contributed by atoms with van der Waals surface area (Å²) in [5, 5.41) is 8.04. The Morgan fingerprint density at radius 3 is 2.16 bits per heavy atom. The van der Waals surface area contributed by atoms with Crippen LogP contribution >= 0.6 is 10.7 Å². The van der Waals surface area contributed by atoms with E-state index in [1.807, 2.05) is 20.8 Å². The number of hydrogen-bond donors (Lipinski definition) is 2. The largest absolute Gasteiger partial charge is 0.444 e. The Morgan fingerprint density at radius 2 is 1.50 bits per heavy atom. The Morgan fingerprint density at radius 1 is 0.841 bits per heavy atom. The van der Waals surface area contributed by atoms with Crippen molar-refractivity contribution in [3.8, 4) is 0 Å². The molecule has 0 radical (unpaired) electrons. The summed E-state index contributed by atoms with van der Waals surface area (Å²) < 4.78 is 7.75. The van der Waals surface area contributed by atoms with Crippen LogP contribution in [0, 0.1) is 0 Å². The van der Waals surface area contributed by atoms with Crippen molar-refractivity contribution in [3.63, 3.8) is 0 Å². The molecule has 2 aliphatic heterocycles. The summed E-state index contributed by atoms with van der Waals surface area (Å²) in [7, 11) is -0.148. The Bertz CT molecular complexity index is 1460. The molecule has 2 N–H and O–H groups in total. The van der Waals surface area contributed by atoms with Gasteiger partial charge < -0.3 is 15.0 Å². The van der Waals surface area contributed by atoms with Crippen LogP contribution in [0.25, 0.3) is 0 Å². The second kappa shape index (κ2) is 14.6. The van der Waals surface area contributed by atoms with E-state index in [9.17, 15) is 9.59 Å². The minimum absolute atomic E-state index is 0.110. The number of hydrogen-bond acceptors (Lipinski definition) is 6. The monoisotopic (exact) mass is 613 g/mol. The molecule has 0 bridgehead atoms. The van der Waals surface area contributed by atoms with Crippen molar-refractivity contribution in [2.24, 2.45) is 0 Å². The molecule has 1 saturated heterocycles. The van der Waals surface area contributed by atoms with Gasteiger partial charge in [-0.1, -0.05) is 47.1 Å². The predicted molar refractivity (Wildman–Crippen MR) is 181 cm³/mol. The predicted octanol–water partition coefficient (Wildman–Crippen LogP) is 6.57. The molecule has 1 fully saturated rings. The minimum Gasteiger partial charge on any atom is -0.444 e. The van der Waals surface area contributed by atoms with Crippen molar-refractivity contribution < 1.29 is 14.3 Å². The van der Waals surface area contributed by atoms with Gasteiger partial charge in [0.25, 0.3) is 5.91 Å². The summed E-state index contributed by atoms with van der Waals surface area (Å²) in [5.74, 6) is 1.17. The quantitative estimate of drug-likeness (QED) is 0.199. The molecule has 1 atom stereocenters. The van der Waals surface area contributed by atoms with Crippen LogP contribution in [0.2, 0.25) is 0 Å². The zero-order valence-electron chi connectivity index (χ0n) is 25.9. The smallest absolute Gasteiger partial charge is 0.412 e. The van der Waals surface area contributed by atoms with Gasteiger partial charge >= 0.3 is 6.09 Å². The highest BCUT2D eigenvalue weighted by atomic mass is 32.2. The van der Waals surface area contributed by atoms with Gasteiger partial charge in [-0.05, 0) is 100 Å². The first kappa shape index (κ1) is 31.3. The number of carbonyl (C=O) groups excluding carboxylic acids is 2. The van der Waals surface area contributed by atoms with E-state index < -0.39 is 11.7 Å². The zero-order chi connectivity index (χ0) is 30.9. The number of benzene rings is 3. The molecule has 3 aromatic rings.